The standard InChI is InChI=1S/C17H14BrClN2O5/c1-25-14-7-10(6-13(19)16(14)26-9-15(22)23)8-20-21-17(24)11-4-2-3-5-12(11)18/h2-8H,9H2,1H3,(H,21,24)(H,22,23)/b20-8-. The van der Waals surface area contributed by atoms with Crippen molar-refractivity contribution in [2.45, 2.75) is 0 Å². The third-order valence-corrected chi connectivity index (χ3v) is 4.06. The Morgan fingerprint density at radius 1 is 1.35 bits per heavy atom. The normalized spacial score (nSPS) is 10.6. The molecule has 2 aromatic rings. The van der Waals surface area contributed by atoms with Gasteiger partial charge in [-0.05, 0) is 45.8 Å². The number of ether oxygens (including phenoxy) is 2. The van der Waals surface area contributed by atoms with E-state index in [0.29, 0.717) is 15.6 Å². The Morgan fingerprint density at radius 2 is 2.08 bits per heavy atom. The van der Waals surface area contributed by atoms with Crippen molar-refractivity contribution < 1.29 is 24.2 Å². The Hall–Kier alpha value is -2.58. The number of benzene rings is 2. The number of halogens is 2. The summed E-state index contributed by atoms with van der Waals surface area (Å²) >= 11 is 9.39. The Labute approximate surface area is 162 Å². The van der Waals surface area contributed by atoms with Crippen LogP contribution in [0.1, 0.15) is 15.9 Å². The highest BCUT2D eigenvalue weighted by Gasteiger charge is 2.13. The monoisotopic (exact) mass is 440 g/mol. The van der Waals surface area contributed by atoms with Crippen LogP contribution in [0, 0.1) is 0 Å². The van der Waals surface area contributed by atoms with Crippen molar-refractivity contribution in [2.24, 2.45) is 5.10 Å². The molecule has 0 bridgehead atoms. The van der Waals surface area contributed by atoms with Crippen molar-refractivity contribution in [3.05, 3.63) is 57.0 Å². The molecule has 2 rings (SSSR count). The lowest BCUT2D eigenvalue weighted by Crippen LogP contribution is -2.18. The third kappa shape index (κ3) is 5.21. The van der Waals surface area contributed by atoms with Gasteiger partial charge in [0, 0.05) is 4.47 Å². The first-order valence-corrected chi connectivity index (χ1v) is 8.39. The summed E-state index contributed by atoms with van der Waals surface area (Å²) in [6, 6.07) is 10.0. The minimum atomic E-state index is -1.14. The smallest absolute Gasteiger partial charge is 0.341 e. The van der Waals surface area contributed by atoms with Crippen LogP contribution in [0.4, 0.5) is 0 Å². The van der Waals surface area contributed by atoms with Gasteiger partial charge in [-0.15, -0.1) is 0 Å². The summed E-state index contributed by atoms with van der Waals surface area (Å²) in [4.78, 5) is 22.7. The number of carboxylic acid groups (broad SMARTS) is 1. The summed E-state index contributed by atoms with van der Waals surface area (Å²) in [5.41, 5.74) is 3.38. The van der Waals surface area contributed by atoms with Crippen LogP contribution < -0.4 is 14.9 Å². The Morgan fingerprint density at radius 3 is 2.73 bits per heavy atom. The van der Waals surface area contributed by atoms with E-state index in [0.717, 1.165) is 0 Å². The van der Waals surface area contributed by atoms with Crippen LogP contribution in [0.2, 0.25) is 5.02 Å². The number of carbonyl (C=O) groups is 2. The molecule has 0 aliphatic heterocycles. The number of carboxylic acids is 1. The van der Waals surface area contributed by atoms with E-state index in [1.165, 1.54) is 19.4 Å². The molecule has 7 nitrogen and oxygen atoms in total. The molecule has 0 spiro atoms. The zero-order valence-electron chi connectivity index (χ0n) is 13.5. The van der Waals surface area contributed by atoms with Gasteiger partial charge in [0.15, 0.2) is 18.1 Å². The molecule has 2 N–H and O–H groups in total. The van der Waals surface area contributed by atoms with E-state index in [-0.39, 0.29) is 22.4 Å². The molecule has 136 valence electrons. The van der Waals surface area contributed by atoms with E-state index in [1.54, 1.807) is 30.3 Å². The van der Waals surface area contributed by atoms with E-state index in [4.69, 9.17) is 26.2 Å². The second-order valence-electron chi connectivity index (χ2n) is 4.90. The largest absolute Gasteiger partial charge is 0.493 e. The molecule has 0 atom stereocenters. The molecule has 1 amide bonds. The number of rotatable bonds is 7. The Kier molecular flexibility index (Phi) is 6.99. The quantitative estimate of drug-likeness (QED) is 0.507. The van der Waals surface area contributed by atoms with Gasteiger partial charge in [0.2, 0.25) is 0 Å². The molecular weight excluding hydrogens is 428 g/mol. The predicted octanol–water partition coefficient (Wildman–Crippen LogP) is 3.34. The molecule has 0 aromatic heterocycles. The lowest BCUT2D eigenvalue weighted by Gasteiger charge is -2.11. The molecule has 0 radical (unpaired) electrons. The van der Waals surface area contributed by atoms with E-state index >= 15 is 0 Å². The summed E-state index contributed by atoms with van der Waals surface area (Å²) in [7, 11) is 1.40. The molecule has 9 heteroatoms. The first-order valence-electron chi connectivity index (χ1n) is 7.22. The highest BCUT2D eigenvalue weighted by molar-refractivity contribution is 9.10. The molecule has 0 aliphatic rings. The van der Waals surface area contributed by atoms with Gasteiger partial charge in [-0.2, -0.15) is 5.10 Å². The van der Waals surface area contributed by atoms with Gasteiger partial charge >= 0.3 is 5.97 Å². The number of hydrazone groups is 1. The fourth-order valence-electron chi connectivity index (χ4n) is 1.96. The lowest BCUT2D eigenvalue weighted by molar-refractivity contribution is -0.139. The van der Waals surface area contributed by atoms with Crippen LogP contribution in [0.3, 0.4) is 0 Å². The van der Waals surface area contributed by atoms with Crippen LogP contribution >= 0.6 is 27.5 Å². The van der Waals surface area contributed by atoms with Gasteiger partial charge in [-0.25, -0.2) is 10.2 Å². The van der Waals surface area contributed by atoms with E-state index in [9.17, 15) is 9.59 Å². The fraction of sp³-hybridized carbons (Fsp3) is 0.118. The molecule has 0 saturated heterocycles. The van der Waals surface area contributed by atoms with Crippen LogP contribution in [-0.4, -0.2) is 36.9 Å². The minimum Gasteiger partial charge on any atom is -0.493 e. The van der Waals surface area contributed by atoms with Crippen LogP contribution in [-0.2, 0) is 4.79 Å². The van der Waals surface area contributed by atoms with Crippen molar-refractivity contribution in [1.82, 2.24) is 5.43 Å². The number of hydrogen-bond acceptors (Lipinski definition) is 5. The van der Waals surface area contributed by atoms with Gasteiger partial charge in [0.1, 0.15) is 0 Å². The molecule has 0 fully saturated rings. The van der Waals surface area contributed by atoms with Crippen LogP contribution in [0.5, 0.6) is 11.5 Å². The second kappa shape index (κ2) is 9.21. The molecule has 2 aromatic carbocycles. The number of nitrogens with zero attached hydrogens (tertiary/aromatic N) is 1. The van der Waals surface area contributed by atoms with E-state index < -0.39 is 12.6 Å². The topological polar surface area (TPSA) is 97.2 Å². The van der Waals surface area contributed by atoms with Gasteiger partial charge < -0.3 is 14.6 Å². The van der Waals surface area contributed by atoms with Crippen molar-refractivity contribution >= 4 is 45.6 Å². The van der Waals surface area contributed by atoms with Gasteiger partial charge in [0.05, 0.1) is 23.9 Å². The van der Waals surface area contributed by atoms with Gasteiger partial charge in [-0.3, -0.25) is 4.79 Å². The number of amides is 1. The number of carbonyl (C=O) groups excluding carboxylic acids is 1. The maximum absolute atomic E-state index is 12.1. The molecule has 0 saturated carbocycles. The minimum absolute atomic E-state index is 0.117. The summed E-state index contributed by atoms with van der Waals surface area (Å²) in [6.07, 6.45) is 1.38. The average molecular weight is 442 g/mol. The van der Waals surface area contributed by atoms with Crippen molar-refractivity contribution in [3.8, 4) is 11.5 Å². The van der Waals surface area contributed by atoms with Crippen molar-refractivity contribution in [2.75, 3.05) is 13.7 Å². The summed E-state index contributed by atoms with van der Waals surface area (Å²) < 4.78 is 10.9. The highest BCUT2D eigenvalue weighted by atomic mass is 79.9. The molecule has 0 aliphatic carbocycles. The zero-order chi connectivity index (χ0) is 19.1. The van der Waals surface area contributed by atoms with Crippen LogP contribution in [0.15, 0.2) is 46.0 Å². The van der Waals surface area contributed by atoms with E-state index in [2.05, 4.69) is 26.5 Å². The number of nitrogens with one attached hydrogen (secondary N) is 1. The maximum atomic E-state index is 12.1. The lowest BCUT2D eigenvalue weighted by atomic mass is 10.2. The van der Waals surface area contributed by atoms with Gasteiger partial charge in [0.25, 0.3) is 5.91 Å². The van der Waals surface area contributed by atoms with Crippen LogP contribution in [0.25, 0.3) is 0 Å². The Balaban J connectivity index is 2.13. The molecule has 0 heterocycles. The van der Waals surface area contributed by atoms with Gasteiger partial charge in [-0.1, -0.05) is 23.7 Å². The van der Waals surface area contributed by atoms with Crippen molar-refractivity contribution in [3.63, 3.8) is 0 Å². The number of methoxy groups -OCH3 is 1. The predicted molar refractivity (Wildman–Crippen MR) is 100 cm³/mol. The Bertz CT molecular complexity index is 857. The maximum Gasteiger partial charge on any atom is 0.341 e. The van der Waals surface area contributed by atoms with E-state index in [1.807, 2.05) is 0 Å². The molecular formula is C17H14BrClN2O5. The zero-order valence-corrected chi connectivity index (χ0v) is 15.9. The first-order chi connectivity index (χ1) is 12.4. The number of hydrogen-bond donors (Lipinski definition) is 2. The average Bonchev–Trinajstić information content (AvgIpc) is 2.60. The third-order valence-electron chi connectivity index (χ3n) is 3.09. The SMILES string of the molecule is COc1cc(/C=N\NC(=O)c2ccccc2Br)cc(Cl)c1OCC(=O)O. The highest BCUT2D eigenvalue weighted by Crippen LogP contribution is 2.36. The first kappa shape index (κ1) is 19.7. The fourth-order valence-corrected chi connectivity index (χ4v) is 2.70. The summed E-state index contributed by atoms with van der Waals surface area (Å²) in [6.45, 7) is -0.550. The van der Waals surface area contributed by atoms with Crippen molar-refractivity contribution in [1.29, 1.82) is 0 Å². The number of aliphatic carboxylic acids is 1. The molecule has 26 heavy (non-hydrogen) atoms. The molecule has 0 unspecified atom stereocenters. The summed E-state index contributed by atoms with van der Waals surface area (Å²) in [5, 5.41) is 12.7. The summed E-state index contributed by atoms with van der Waals surface area (Å²) in [5.74, 6) is -1.15. The second-order valence-corrected chi connectivity index (χ2v) is 6.16.